The van der Waals surface area contributed by atoms with E-state index in [1.807, 2.05) is 87.5 Å². The second-order valence-electron chi connectivity index (χ2n) is 11.0. The molecule has 1 unspecified atom stereocenters. The number of nitrogens with one attached hydrogen (secondary N) is 1. The van der Waals surface area contributed by atoms with Gasteiger partial charge >= 0.3 is 0 Å². The Balaban J connectivity index is 1.78. The highest BCUT2D eigenvalue weighted by atomic mass is 32.2. The minimum atomic E-state index is -4.12. The quantitative estimate of drug-likeness (QED) is 0.176. The van der Waals surface area contributed by atoms with Crippen LogP contribution in [0.3, 0.4) is 0 Å². The molecule has 0 aliphatic heterocycles. The number of nitrogens with zero attached hydrogens (tertiary/aromatic N) is 2. The first-order valence-corrected chi connectivity index (χ1v) is 16.4. The van der Waals surface area contributed by atoms with Gasteiger partial charge in [-0.3, -0.25) is 13.9 Å². The molecule has 7 nitrogen and oxygen atoms in total. The summed E-state index contributed by atoms with van der Waals surface area (Å²) >= 11 is 0. The molecule has 2 amide bonds. The second kappa shape index (κ2) is 15.3. The number of unbranched alkanes of at least 4 members (excludes halogenated alkanes) is 1. The molecule has 4 aromatic carbocycles. The molecule has 0 spiro atoms. The summed E-state index contributed by atoms with van der Waals surface area (Å²) in [7, 11) is -4.12. The second-order valence-corrected chi connectivity index (χ2v) is 12.8. The van der Waals surface area contributed by atoms with E-state index in [0.717, 1.165) is 39.4 Å². The Bertz CT molecular complexity index is 1630. The summed E-state index contributed by atoms with van der Waals surface area (Å²) in [6, 6.07) is 31.6. The number of amides is 2. The fourth-order valence-electron chi connectivity index (χ4n) is 4.97. The zero-order valence-corrected chi connectivity index (χ0v) is 26.5. The lowest BCUT2D eigenvalue weighted by Gasteiger charge is -2.34. The lowest BCUT2D eigenvalue weighted by molar-refractivity contribution is -0.140. The molecule has 8 heteroatoms. The number of aryl methyl sites for hydroxylation is 2. The highest BCUT2D eigenvalue weighted by Crippen LogP contribution is 2.27. The number of hydrogen-bond donors (Lipinski definition) is 1. The molecule has 0 aromatic heterocycles. The Morgan fingerprint density at radius 3 is 1.95 bits per heavy atom. The standard InChI is InChI=1S/C36H41N3O4S/c1-4-5-23-37-36(41)34(25-30-15-9-6-10-16-30)38(26-31-17-11-7-12-18-31)35(40)27-39(32-22-21-28(2)29(3)24-32)44(42,43)33-19-13-8-14-20-33/h6-22,24,34H,4-5,23,25-27H2,1-3H3,(H,37,41). The number of hydrogen-bond acceptors (Lipinski definition) is 4. The van der Waals surface area contributed by atoms with E-state index >= 15 is 0 Å². The third-order valence-corrected chi connectivity index (χ3v) is 9.47. The lowest BCUT2D eigenvalue weighted by atomic mass is 10.0. The fourth-order valence-corrected chi connectivity index (χ4v) is 6.40. The Kier molecular flexibility index (Phi) is 11.3. The minimum Gasteiger partial charge on any atom is -0.354 e. The maximum absolute atomic E-state index is 14.5. The molecule has 0 fully saturated rings. The van der Waals surface area contributed by atoms with Gasteiger partial charge in [-0.15, -0.1) is 0 Å². The average Bonchev–Trinajstić information content (AvgIpc) is 3.04. The summed E-state index contributed by atoms with van der Waals surface area (Å²) in [5, 5.41) is 3.02. The van der Waals surface area contributed by atoms with Crippen LogP contribution in [0.25, 0.3) is 0 Å². The molecule has 0 heterocycles. The van der Waals surface area contributed by atoms with Gasteiger partial charge in [0, 0.05) is 19.5 Å². The normalized spacial score (nSPS) is 11.9. The van der Waals surface area contributed by atoms with E-state index in [2.05, 4.69) is 5.32 Å². The summed E-state index contributed by atoms with van der Waals surface area (Å²) in [6.45, 7) is 6.07. The predicted molar refractivity (Wildman–Crippen MR) is 176 cm³/mol. The maximum atomic E-state index is 14.5. The van der Waals surface area contributed by atoms with Crippen molar-refractivity contribution in [3.8, 4) is 0 Å². The summed E-state index contributed by atoms with van der Waals surface area (Å²) < 4.78 is 29.3. The molecule has 4 aromatic rings. The third-order valence-electron chi connectivity index (χ3n) is 7.68. The number of carbonyl (C=O) groups is 2. The van der Waals surface area contributed by atoms with E-state index in [1.165, 1.54) is 17.0 Å². The molecule has 0 saturated heterocycles. The van der Waals surface area contributed by atoms with E-state index < -0.39 is 28.5 Å². The first kappa shape index (κ1) is 32.5. The zero-order chi connectivity index (χ0) is 31.5. The van der Waals surface area contributed by atoms with Crippen molar-refractivity contribution in [2.75, 3.05) is 17.4 Å². The van der Waals surface area contributed by atoms with Gasteiger partial charge in [-0.05, 0) is 66.8 Å². The van der Waals surface area contributed by atoms with Crippen LogP contribution in [0.5, 0.6) is 0 Å². The lowest BCUT2D eigenvalue weighted by Crippen LogP contribution is -2.53. The van der Waals surface area contributed by atoms with E-state index in [0.29, 0.717) is 12.2 Å². The van der Waals surface area contributed by atoms with Crippen molar-refractivity contribution < 1.29 is 18.0 Å². The van der Waals surface area contributed by atoms with Gasteiger partial charge in [0.2, 0.25) is 11.8 Å². The van der Waals surface area contributed by atoms with Crippen LogP contribution in [0.4, 0.5) is 5.69 Å². The van der Waals surface area contributed by atoms with E-state index in [1.54, 1.807) is 30.3 Å². The SMILES string of the molecule is CCCCNC(=O)C(Cc1ccccc1)N(Cc1ccccc1)C(=O)CN(c1ccc(C)c(C)c1)S(=O)(=O)c1ccccc1. The molecular weight excluding hydrogens is 570 g/mol. The Morgan fingerprint density at radius 2 is 1.36 bits per heavy atom. The largest absolute Gasteiger partial charge is 0.354 e. The summed E-state index contributed by atoms with van der Waals surface area (Å²) in [4.78, 5) is 29.9. The van der Waals surface area contributed by atoms with Gasteiger partial charge in [0.1, 0.15) is 12.6 Å². The molecule has 0 aliphatic rings. The molecule has 4 rings (SSSR count). The Hall–Kier alpha value is -4.43. The van der Waals surface area contributed by atoms with Crippen molar-refractivity contribution in [3.63, 3.8) is 0 Å². The monoisotopic (exact) mass is 611 g/mol. The first-order chi connectivity index (χ1) is 21.2. The number of anilines is 1. The highest BCUT2D eigenvalue weighted by molar-refractivity contribution is 7.92. The number of benzene rings is 4. The third kappa shape index (κ3) is 8.35. The van der Waals surface area contributed by atoms with Crippen LogP contribution in [-0.4, -0.2) is 44.3 Å². The van der Waals surface area contributed by atoms with Crippen molar-refractivity contribution >= 4 is 27.5 Å². The van der Waals surface area contributed by atoms with Gasteiger partial charge in [-0.1, -0.05) is 98.3 Å². The van der Waals surface area contributed by atoms with Gasteiger partial charge in [0.25, 0.3) is 10.0 Å². The molecule has 230 valence electrons. The molecule has 1 N–H and O–H groups in total. The van der Waals surface area contributed by atoms with Gasteiger partial charge in [-0.25, -0.2) is 8.42 Å². The van der Waals surface area contributed by atoms with Crippen LogP contribution in [-0.2, 0) is 32.6 Å². The Labute approximate surface area is 261 Å². The predicted octanol–water partition coefficient (Wildman–Crippen LogP) is 6.06. The van der Waals surface area contributed by atoms with Crippen molar-refractivity contribution in [1.82, 2.24) is 10.2 Å². The number of sulfonamides is 1. The molecular formula is C36H41N3O4S. The summed E-state index contributed by atoms with van der Waals surface area (Å²) in [5.41, 5.74) is 4.04. The van der Waals surface area contributed by atoms with Crippen molar-refractivity contribution in [2.24, 2.45) is 0 Å². The molecule has 44 heavy (non-hydrogen) atoms. The molecule has 0 radical (unpaired) electrons. The molecule has 0 bridgehead atoms. The zero-order valence-electron chi connectivity index (χ0n) is 25.6. The van der Waals surface area contributed by atoms with Gasteiger partial charge in [-0.2, -0.15) is 0 Å². The number of rotatable bonds is 14. The van der Waals surface area contributed by atoms with Gasteiger partial charge < -0.3 is 10.2 Å². The molecule has 0 saturated carbocycles. The van der Waals surface area contributed by atoms with Crippen LogP contribution in [0.15, 0.2) is 114 Å². The minimum absolute atomic E-state index is 0.0822. The summed E-state index contributed by atoms with van der Waals surface area (Å²) in [5.74, 6) is -0.742. The molecule has 0 aliphatic carbocycles. The van der Waals surface area contributed by atoms with Crippen molar-refractivity contribution in [3.05, 3.63) is 131 Å². The van der Waals surface area contributed by atoms with Crippen LogP contribution in [0, 0.1) is 13.8 Å². The number of carbonyl (C=O) groups excluding carboxylic acids is 2. The van der Waals surface area contributed by atoms with Crippen molar-refractivity contribution in [1.29, 1.82) is 0 Å². The summed E-state index contributed by atoms with van der Waals surface area (Å²) in [6.07, 6.45) is 2.01. The van der Waals surface area contributed by atoms with Gasteiger partial charge in [0.15, 0.2) is 0 Å². The van der Waals surface area contributed by atoms with Crippen LogP contribution in [0.1, 0.15) is 42.0 Å². The van der Waals surface area contributed by atoms with Crippen LogP contribution >= 0.6 is 0 Å². The maximum Gasteiger partial charge on any atom is 0.264 e. The fraction of sp³-hybridized carbons (Fsp3) is 0.278. The van der Waals surface area contributed by atoms with E-state index in [-0.39, 0.29) is 23.8 Å². The van der Waals surface area contributed by atoms with E-state index in [4.69, 9.17) is 0 Å². The Morgan fingerprint density at radius 1 is 0.773 bits per heavy atom. The van der Waals surface area contributed by atoms with Crippen LogP contribution < -0.4 is 9.62 Å². The average molecular weight is 612 g/mol. The smallest absolute Gasteiger partial charge is 0.264 e. The van der Waals surface area contributed by atoms with E-state index in [9.17, 15) is 18.0 Å². The highest BCUT2D eigenvalue weighted by Gasteiger charge is 2.34. The molecule has 1 atom stereocenters. The van der Waals surface area contributed by atoms with Gasteiger partial charge in [0.05, 0.1) is 10.6 Å². The first-order valence-electron chi connectivity index (χ1n) is 15.0. The van der Waals surface area contributed by atoms with Crippen molar-refractivity contribution in [2.45, 2.75) is 57.5 Å². The topological polar surface area (TPSA) is 86.8 Å². The van der Waals surface area contributed by atoms with Crippen LogP contribution in [0.2, 0.25) is 0 Å².